The van der Waals surface area contributed by atoms with Gasteiger partial charge in [-0.3, -0.25) is 0 Å². The normalized spacial score (nSPS) is 12.6. The van der Waals surface area contributed by atoms with E-state index in [9.17, 15) is 0 Å². The average molecular weight is 312 g/mol. The Morgan fingerprint density at radius 2 is 2.26 bits per heavy atom. The Labute approximate surface area is 137 Å². The molecule has 0 atom stereocenters. The summed E-state index contributed by atoms with van der Waals surface area (Å²) in [5, 5.41) is 15.4. The summed E-state index contributed by atoms with van der Waals surface area (Å²) in [4.78, 5) is 11.1. The standard InChI is InChI=1S/C9H9N5.C6H10.C2H3N.H2/c10-3-6(4-11)8-7-1-2-12-9(7)14-5-13-8;1-2-6-4-3-5-6;1-2-3;/h1-5,10H,11H2,(H,12,13,14);4H,2-3,5H2,1H3;1H3;1H/b6-4+,10-3?;;;. The van der Waals surface area contributed by atoms with Crippen molar-refractivity contribution in [3.63, 3.8) is 0 Å². The van der Waals surface area contributed by atoms with Crippen LogP contribution < -0.4 is 5.73 Å². The van der Waals surface area contributed by atoms with Crippen molar-refractivity contribution in [1.29, 1.82) is 10.7 Å². The number of aromatic nitrogens is 3. The fourth-order valence-electron chi connectivity index (χ4n) is 1.97. The molecule has 0 aromatic carbocycles. The third kappa shape index (κ3) is 5.08. The molecule has 0 saturated heterocycles. The molecule has 0 fully saturated rings. The van der Waals surface area contributed by atoms with Gasteiger partial charge in [-0.2, -0.15) is 5.26 Å². The van der Waals surface area contributed by atoms with E-state index in [1.807, 2.05) is 6.07 Å². The Bertz CT molecular complexity index is 739. The topological polar surface area (TPSA) is 115 Å². The van der Waals surface area contributed by atoms with E-state index < -0.39 is 0 Å². The van der Waals surface area contributed by atoms with Crippen LogP contribution >= 0.6 is 0 Å². The second kappa shape index (κ2) is 9.90. The molecule has 2 aromatic heterocycles. The quantitative estimate of drug-likeness (QED) is 0.590. The number of allylic oxidation sites excluding steroid dienone is 3. The van der Waals surface area contributed by atoms with E-state index in [1.165, 1.54) is 44.9 Å². The van der Waals surface area contributed by atoms with Crippen LogP contribution in [0, 0.1) is 16.7 Å². The number of nitrogens with one attached hydrogen (secondary N) is 2. The molecule has 0 spiro atoms. The molecule has 122 valence electrons. The summed E-state index contributed by atoms with van der Waals surface area (Å²) in [5.74, 6) is 0. The monoisotopic (exact) mass is 312 g/mol. The van der Waals surface area contributed by atoms with Gasteiger partial charge in [-0.25, -0.2) is 9.97 Å². The number of hydrogen-bond acceptors (Lipinski definition) is 5. The SMILES string of the molecule is CC#N.CCC1=CCC1.N=C/C(=C\N)c1ncnc2[nH]ccc12.[HH]. The Balaban J connectivity index is 0.000000444. The number of nitrogens with two attached hydrogens (primary N) is 1. The number of aromatic amines is 1. The van der Waals surface area contributed by atoms with Crippen LogP contribution in [0.25, 0.3) is 16.6 Å². The molecule has 4 N–H and O–H groups in total. The van der Waals surface area contributed by atoms with Gasteiger partial charge in [0.25, 0.3) is 0 Å². The minimum atomic E-state index is 0. The minimum absolute atomic E-state index is 0. The number of fused-ring (bicyclic) bond motifs is 1. The second-order valence-corrected chi connectivity index (χ2v) is 4.71. The van der Waals surface area contributed by atoms with E-state index in [1.54, 1.807) is 17.8 Å². The van der Waals surface area contributed by atoms with Crippen molar-refractivity contribution < 1.29 is 1.43 Å². The highest BCUT2D eigenvalue weighted by Gasteiger charge is 2.06. The van der Waals surface area contributed by atoms with Crippen LogP contribution in [-0.2, 0) is 0 Å². The molecule has 0 aliphatic heterocycles. The number of hydrogen-bond donors (Lipinski definition) is 3. The summed E-state index contributed by atoms with van der Waals surface area (Å²) in [5.41, 5.74) is 9.04. The fraction of sp³-hybridized carbons (Fsp3) is 0.294. The van der Waals surface area contributed by atoms with Crippen LogP contribution in [0.2, 0.25) is 0 Å². The zero-order chi connectivity index (χ0) is 17.1. The molecule has 0 amide bonds. The van der Waals surface area contributed by atoms with Crippen molar-refractivity contribution >= 4 is 22.8 Å². The third-order valence-corrected chi connectivity index (χ3v) is 3.32. The molecule has 2 aromatic rings. The Kier molecular flexibility index (Phi) is 7.79. The maximum absolute atomic E-state index is 7.32. The summed E-state index contributed by atoms with van der Waals surface area (Å²) in [6, 6.07) is 3.61. The Morgan fingerprint density at radius 3 is 2.70 bits per heavy atom. The van der Waals surface area contributed by atoms with Crippen molar-refractivity contribution in [1.82, 2.24) is 15.0 Å². The van der Waals surface area contributed by atoms with Crippen LogP contribution in [-0.4, -0.2) is 21.2 Å². The van der Waals surface area contributed by atoms with Gasteiger partial charge in [-0.05, 0) is 25.3 Å². The van der Waals surface area contributed by atoms with Crippen molar-refractivity contribution in [3.05, 3.63) is 42.1 Å². The van der Waals surface area contributed by atoms with Crippen LogP contribution in [0.5, 0.6) is 0 Å². The maximum Gasteiger partial charge on any atom is 0.141 e. The van der Waals surface area contributed by atoms with Gasteiger partial charge >= 0.3 is 0 Å². The molecular weight excluding hydrogens is 288 g/mol. The van der Waals surface area contributed by atoms with E-state index >= 15 is 0 Å². The van der Waals surface area contributed by atoms with Gasteiger partial charge in [0.15, 0.2) is 0 Å². The van der Waals surface area contributed by atoms with Crippen LogP contribution in [0.4, 0.5) is 0 Å². The first-order valence-corrected chi connectivity index (χ1v) is 7.41. The van der Waals surface area contributed by atoms with Crippen LogP contribution in [0.15, 0.2) is 36.4 Å². The van der Waals surface area contributed by atoms with Gasteiger partial charge in [-0.15, -0.1) is 0 Å². The summed E-state index contributed by atoms with van der Waals surface area (Å²) in [7, 11) is 0. The fourth-order valence-corrected chi connectivity index (χ4v) is 1.97. The summed E-state index contributed by atoms with van der Waals surface area (Å²) >= 11 is 0. The van der Waals surface area contributed by atoms with Gasteiger partial charge in [0.1, 0.15) is 12.0 Å². The molecule has 0 radical (unpaired) electrons. The lowest BCUT2D eigenvalue weighted by Gasteiger charge is -2.09. The molecule has 23 heavy (non-hydrogen) atoms. The zero-order valence-electron chi connectivity index (χ0n) is 13.5. The molecule has 6 heteroatoms. The largest absolute Gasteiger partial charge is 0.404 e. The van der Waals surface area contributed by atoms with Crippen LogP contribution in [0.1, 0.15) is 40.2 Å². The number of nitrogens with zero attached hydrogens (tertiary/aromatic N) is 3. The molecule has 0 bridgehead atoms. The van der Waals surface area contributed by atoms with Gasteiger partial charge in [0.05, 0.1) is 11.8 Å². The second-order valence-electron chi connectivity index (χ2n) is 4.71. The highest BCUT2D eigenvalue weighted by Crippen LogP contribution is 2.20. The molecule has 2 heterocycles. The van der Waals surface area contributed by atoms with Crippen molar-refractivity contribution in [2.24, 2.45) is 5.73 Å². The molecule has 1 aliphatic rings. The lowest BCUT2D eigenvalue weighted by molar-refractivity contribution is 0.816. The minimum Gasteiger partial charge on any atom is -0.404 e. The maximum atomic E-state index is 7.32. The van der Waals surface area contributed by atoms with Gasteiger partial charge < -0.3 is 16.1 Å². The van der Waals surface area contributed by atoms with E-state index in [0.717, 1.165) is 11.0 Å². The highest BCUT2D eigenvalue weighted by molar-refractivity contribution is 6.11. The van der Waals surface area contributed by atoms with Crippen molar-refractivity contribution in [2.75, 3.05) is 0 Å². The first-order valence-electron chi connectivity index (χ1n) is 7.41. The predicted octanol–water partition coefficient (Wildman–Crippen LogP) is 3.80. The van der Waals surface area contributed by atoms with E-state index in [0.29, 0.717) is 11.3 Å². The van der Waals surface area contributed by atoms with Crippen LogP contribution in [0.3, 0.4) is 0 Å². The lowest BCUT2D eigenvalue weighted by Crippen LogP contribution is -1.95. The average Bonchev–Trinajstić information content (AvgIpc) is 2.98. The molecule has 0 unspecified atom stereocenters. The number of nitriles is 1. The van der Waals surface area contributed by atoms with Gasteiger partial charge in [-0.1, -0.05) is 18.6 Å². The summed E-state index contributed by atoms with van der Waals surface area (Å²) < 4.78 is 0. The molecule has 1 aliphatic carbocycles. The molecule has 6 nitrogen and oxygen atoms in total. The van der Waals surface area contributed by atoms with Gasteiger partial charge in [0.2, 0.25) is 0 Å². The predicted molar refractivity (Wildman–Crippen MR) is 95.8 cm³/mol. The van der Waals surface area contributed by atoms with Gasteiger partial charge in [0, 0.05) is 37.9 Å². The first-order chi connectivity index (χ1) is 11.2. The number of H-pyrrole nitrogens is 1. The van der Waals surface area contributed by atoms with E-state index in [2.05, 4.69) is 28.0 Å². The Morgan fingerprint density at radius 1 is 1.57 bits per heavy atom. The first kappa shape index (κ1) is 18.1. The highest BCUT2D eigenvalue weighted by atomic mass is 14.9. The molecular formula is C17H24N6. The lowest BCUT2D eigenvalue weighted by atomic mass is 9.97. The molecule has 0 saturated carbocycles. The van der Waals surface area contributed by atoms with E-state index in [-0.39, 0.29) is 1.43 Å². The van der Waals surface area contributed by atoms with Crippen molar-refractivity contribution in [3.8, 4) is 6.07 Å². The van der Waals surface area contributed by atoms with E-state index in [4.69, 9.17) is 16.4 Å². The Hall–Kier alpha value is -2.94. The molecule has 3 rings (SSSR count). The van der Waals surface area contributed by atoms with Crippen molar-refractivity contribution in [2.45, 2.75) is 33.1 Å². The third-order valence-electron chi connectivity index (χ3n) is 3.32. The summed E-state index contributed by atoms with van der Waals surface area (Å²) in [6.45, 7) is 3.64. The number of rotatable bonds is 3. The summed E-state index contributed by atoms with van der Waals surface area (Å²) in [6.07, 6.45) is 12.1. The smallest absolute Gasteiger partial charge is 0.141 e. The zero-order valence-corrected chi connectivity index (χ0v) is 13.5.